The van der Waals surface area contributed by atoms with Crippen molar-refractivity contribution in [3.05, 3.63) is 34.9 Å². The molecule has 3 heteroatoms. The van der Waals surface area contributed by atoms with Gasteiger partial charge in [-0.15, -0.1) is 0 Å². The summed E-state index contributed by atoms with van der Waals surface area (Å²) in [6, 6.07) is 2.69. The molecule has 1 atom stereocenters. The van der Waals surface area contributed by atoms with Crippen molar-refractivity contribution in [1.29, 1.82) is 0 Å². The molecule has 0 fully saturated rings. The highest BCUT2D eigenvalue weighted by Crippen LogP contribution is 2.31. The van der Waals surface area contributed by atoms with Crippen molar-refractivity contribution in [1.82, 2.24) is 0 Å². The van der Waals surface area contributed by atoms with Crippen molar-refractivity contribution in [3.8, 4) is 0 Å². The minimum atomic E-state index is -0.986. The van der Waals surface area contributed by atoms with Gasteiger partial charge >= 0.3 is 0 Å². The third-order valence-corrected chi connectivity index (χ3v) is 3.02. The molecule has 84 valence electrons. The van der Waals surface area contributed by atoms with Crippen molar-refractivity contribution < 1.29 is 8.78 Å². The molecule has 1 aromatic carbocycles. The molecule has 0 aliphatic heterocycles. The second-order valence-corrected chi connectivity index (χ2v) is 4.49. The van der Waals surface area contributed by atoms with Crippen LogP contribution < -0.4 is 5.73 Å². The Kier molecular flexibility index (Phi) is 3.14. The van der Waals surface area contributed by atoms with E-state index in [2.05, 4.69) is 0 Å². The van der Waals surface area contributed by atoms with E-state index < -0.39 is 17.2 Å². The number of aryl methyl sites for hydroxylation is 1. The maximum absolute atomic E-state index is 13.8. The van der Waals surface area contributed by atoms with Gasteiger partial charge in [0, 0.05) is 11.1 Å². The molecule has 0 aliphatic rings. The lowest BCUT2D eigenvalue weighted by Crippen LogP contribution is -2.40. The summed E-state index contributed by atoms with van der Waals surface area (Å²) in [6.45, 7) is 6.95. The third-order valence-electron chi connectivity index (χ3n) is 3.02. The molecular formula is C12H17F2N. The maximum atomic E-state index is 13.8. The van der Waals surface area contributed by atoms with Crippen LogP contribution in [-0.4, -0.2) is 0 Å². The van der Waals surface area contributed by atoms with Crippen molar-refractivity contribution >= 4 is 0 Å². The first-order valence-electron chi connectivity index (χ1n) is 5.02. The van der Waals surface area contributed by atoms with E-state index in [0.717, 1.165) is 0 Å². The van der Waals surface area contributed by atoms with Crippen LogP contribution in [-0.2, 0) is 5.54 Å². The Labute approximate surface area is 89.3 Å². The fourth-order valence-electron chi connectivity index (χ4n) is 1.44. The number of halogens is 2. The quantitative estimate of drug-likeness (QED) is 0.802. The predicted octanol–water partition coefficient (Wildman–Crippen LogP) is 3.10. The first-order chi connectivity index (χ1) is 6.78. The lowest BCUT2D eigenvalue weighted by molar-refractivity contribution is 0.321. The van der Waals surface area contributed by atoms with E-state index >= 15 is 0 Å². The van der Waals surface area contributed by atoms with E-state index in [4.69, 9.17) is 5.73 Å². The lowest BCUT2D eigenvalue weighted by atomic mass is 9.81. The molecule has 0 aromatic heterocycles. The Morgan fingerprint density at radius 1 is 1.27 bits per heavy atom. The standard InChI is InChI=1S/C12H17F2N/c1-7(2)12(4,15)10-9(13)6-5-8(3)11(10)14/h5-7H,15H2,1-4H3. The zero-order valence-corrected chi connectivity index (χ0v) is 9.57. The molecular weight excluding hydrogens is 196 g/mol. The highest BCUT2D eigenvalue weighted by atomic mass is 19.1. The van der Waals surface area contributed by atoms with Crippen molar-refractivity contribution in [3.63, 3.8) is 0 Å². The summed E-state index contributed by atoms with van der Waals surface area (Å²) in [5, 5.41) is 0. The Balaban J connectivity index is 3.42. The van der Waals surface area contributed by atoms with Crippen LogP contribution in [0.5, 0.6) is 0 Å². The van der Waals surface area contributed by atoms with E-state index in [-0.39, 0.29) is 11.5 Å². The van der Waals surface area contributed by atoms with Gasteiger partial charge in [-0.2, -0.15) is 0 Å². The fraction of sp³-hybridized carbons (Fsp3) is 0.500. The first-order valence-corrected chi connectivity index (χ1v) is 5.02. The first kappa shape index (κ1) is 12.1. The molecule has 2 N–H and O–H groups in total. The summed E-state index contributed by atoms with van der Waals surface area (Å²) in [5.41, 5.74) is 5.39. The molecule has 1 aromatic rings. The Bertz CT molecular complexity index is 370. The summed E-state index contributed by atoms with van der Waals surface area (Å²) in [7, 11) is 0. The fourth-order valence-corrected chi connectivity index (χ4v) is 1.44. The van der Waals surface area contributed by atoms with E-state index in [1.807, 2.05) is 13.8 Å². The minimum absolute atomic E-state index is 0.0162. The van der Waals surface area contributed by atoms with Gasteiger partial charge in [-0.25, -0.2) is 8.78 Å². The topological polar surface area (TPSA) is 26.0 Å². The zero-order chi connectivity index (χ0) is 11.8. The molecule has 0 saturated carbocycles. The smallest absolute Gasteiger partial charge is 0.134 e. The maximum Gasteiger partial charge on any atom is 0.134 e. The molecule has 1 nitrogen and oxygen atoms in total. The van der Waals surface area contributed by atoms with Crippen molar-refractivity contribution in [2.45, 2.75) is 33.2 Å². The molecule has 0 radical (unpaired) electrons. The van der Waals surface area contributed by atoms with Gasteiger partial charge in [0.05, 0.1) is 0 Å². The highest BCUT2D eigenvalue weighted by molar-refractivity contribution is 5.32. The number of nitrogens with two attached hydrogens (primary N) is 1. The van der Waals surface area contributed by atoms with Gasteiger partial charge in [0.25, 0.3) is 0 Å². The van der Waals surface area contributed by atoms with Crippen LogP contribution in [0, 0.1) is 24.5 Å². The molecule has 15 heavy (non-hydrogen) atoms. The number of hydrogen-bond donors (Lipinski definition) is 1. The lowest BCUT2D eigenvalue weighted by Gasteiger charge is -2.30. The van der Waals surface area contributed by atoms with Crippen LogP contribution in [0.15, 0.2) is 12.1 Å². The molecule has 0 amide bonds. The van der Waals surface area contributed by atoms with Gasteiger partial charge in [-0.1, -0.05) is 19.9 Å². The Morgan fingerprint density at radius 2 is 1.80 bits per heavy atom. The van der Waals surface area contributed by atoms with Crippen LogP contribution in [0.2, 0.25) is 0 Å². The van der Waals surface area contributed by atoms with Crippen LogP contribution in [0.3, 0.4) is 0 Å². The molecule has 0 spiro atoms. The van der Waals surface area contributed by atoms with E-state index in [1.165, 1.54) is 12.1 Å². The van der Waals surface area contributed by atoms with Gasteiger partial charge in [0.2, 0.25) is 0 Å². The molecule has 0 aliphatic carbocycles. The van der Waals surface area contributed by atoms with Crippen LogP contribution in [0.1, 0.15) is 31.9 Å². The second-order valence-electron chi connectivity index (χ2n) is 4.49. The molecule has 0 bridgehead atoms. The number of benzene rings is 1. The monoisotopic (exact) mass is 213 g/mol. The van der Waals surface area contributed by atoms with Gasteiger partial charge in [-0.3, -0.25) is 0 Å². The summed E-state index contributed by atoms with van der Waals surface area (Å²) < 4.78 is 27.4. The molecule has 1 rings (SSSR count). The normalized spacial score (nSPS) is 15.5. The van der Waals surface area contributed by atoms with Crippen molar-refractivity contribution in [2.75, 3.05) is 0 Å². The highest BCUT2D eigenvalue weighted by Gasteiger charge is 2.32. The van der Waals surface area contributed by atoms with Gasteiger partial charge in [0.15, 0.2) is 0 Å². The van der Waals surface area contributed by atoms with E-state index in [9.17, 15) is 8.78 Å². The summed E-state index contributed by atoms with van der Waals surface area (Å²) >= 11 is 0. The summed E-state index contributed by atoms with van der Waals surface area (Å²) in [5.74, 6) is -1.14. The van der Waals surface area contributed by atoms with Gasteiger partial charge in [0.1, 0.15) is 11.6 Å². The van der Waals surface area contributed by atoms with Gasteiger partial charge in [-0.05, 0) is 31.4 Å². The molecule has 0 saturated heterocycles. The average molecular weight is 213 g/mol. The Hall–Kier alpha value is -0.960. The zero-order valence-electron chi connectivity index (χ0n) is 9.57. The minimum Gasteiger partial charge on any atom is -0.321 e. The second kappa shape index (κ2) is 3.89. The predicted molar refractivity (Wildman–Crippen MR) is 57.5 cm³/mol. The summed E-state index contributed by atoms with van der Waals surface area (Å²) in [6.07, 6.45) is 0. The van der Waals surface area contributed by atoms with Crippen LogP contribution >= 0.6 is 0 Å². The molecule has 1 unspecified atom stereocenters. The third kappa shape index (κ3) is 2.02. The largest absolute Gasteiger partial charge is 0.321 e. The summed E-state index contributed by atoms with van der Waals surface area (Å²) in [4.78, 5) is 0. The van der Waals surface area contributed by atoms with Gasteiger partial charge < -0.3 is 5.73 Å². The number of rotatable bonds is 2. The number of hydrogen-bond acceptors (Lipinski definition) is 1. The molecule has 0 heterocycles. The van der Waals surface area contributed by atoms with Crippen molar-refractivity contribution in [2.24, 2.45) is 11.7 Å². The van der Waals surface area contributed by atoms with E-state index in [1.54, 1.807) is 13.8 Å². The average Bonchev–Trinajstić information content (AvgIpc) is 2.11. The Morgan fingerprint density at radius 3 is 2.27 bits per heavy atom. The van der Waals surface area contributed by atoms with E-state index in [0.29, 0.717) is 5.56 Å². The van der Waals surface area contributed by atoms with Crippen LogP contribution in [0.25, 0.3) is 0 Å². The van der Waals surface area contributed by atoms with Crippen LogP contribution in [0.4, 0.5) is 8.78 Å². The SMILES string of the molecule is Cc1ccc(F)c(C(C)(N)C(C)C)c1F.